The Labute approximate surface area is 128 Å². The van der Waals surface area contributed by atoms with E-state index in [1.807, 2.05) is 0 Å². The molecule has 1 aliphatic heterocycles. The highest BCUT2D eigenvalue weighted by Gasteiger charge is 2.28. The molecule has 1 heterocycles. The fraction of sp³-hybridized carbons (Fsp3) is 0.412. The number of halogens is 1. The number of carbonyl (C=O) groups excluding carboxylic acids is 1. The van der Waals surface area contributed by atoms with Crippen LogP contribution in [0.3, 0.4) is 0 Å². The predicted octanol–water partition coefficient (Wildman–Crippen LogP) is 2.76. The molecule has 0 bridgehead atoms. The Hall–Kier alpha value is -2.17. The third-order valence-corrected chi connectivity index (χ3v) is 4.49. The number of hydrogen-bond acceptors (Lipinski definition) is 2. The molecule has 1 atom stereocenters. The first-order valence-corrected chi connectivity index (χ1v) is 7.54. The Kier molecular flexibility index (Phi) is 3.96. The zero-order chi connectivity index (χ0) is 15.7. The number of hydrogen-bond donors (Lipinski definition) is 1. The SMILES string of the molecule is O=C(O)c1ccc(F)c2c1CN(C(=O)CC1C=CCC1)CC2. The summed E-state index contributed by atoms with van der Waals surface area (Å²) in [6.07, 6.45) is 6.97. The minimum Gasteiger partial charge on any atom is -0.478 e. The Morgan fingerprint density at radius 2 is 2.14 bits per heavy atom. The summed E-state index contributed by atoms with van der Waals surface area (Å²) in [4.78, 5) is 25.3. The summed E-state index contributed by atoms with van der Waals surface area (Å²) in [5.74, 6) is -1.17. The van der Waals surface area contributed by atoms with Crippen LogP contribution in [0, 0.1) is 11.7 Å². The molecule has 1 aromatic carbocycles. The topological polar surface area (TPSA) is 57.6 Å². The number of rotatable bonds is 3. The van der Waals surface area contributed by atoms with Gasteiger partial charge in [-0.2, -0.15) is 0 Å². The quantitative estimate of drug-likeness (QED) is 0.874. The summed E-state index contributed by atoms with van der Waals surface area (Å²) in [6, 6.07) is 2.48. The average molecular weight is 303 g/mol. The number of benzene rings is 1. The van der Waals surface area contributed by atoms with E-state index in [0.29, 0.717) is 30.5 Å². The number of fused-ring (bicyclic) bond motifs is 1. The van der Waals surface area contributed by atoms with Gasteiger partial charge in [-0.25, -0.2) is 9.18 Å². The molecule has 1 amide bonds. The third kappa shape index (κ3) is 2.75. The van der Waals surface area contributed by atoms with Crippen molar-refractivity contribution < 1.29 is 19.1 Å². The van der Waals surface area contributed by atoms with Crippen LogP contribution in [0.5, 0.6) is 0 Å². The van der Waals surface area contributed by atoms with E-state index in [-0.39, 0.29) is 29.8 Å². The van der Waals surface area contributed by atoms with Gasteiger partial charge in [-0.1, -0.05) is 12.2 Å². The van der Waals surface area contributed by atoms with Crippen LogP contribution in [0.1, 0.15) is 40.7 Å². The van der Waals surface area contributed by atoms with E-state index in [9.17, 15) is 19.1 Å². The second kappa shape index (κ2) is 5.91. The zero-order valence-corrected chi connectivity index (χ0v) is 12.2. The number of allylic oxidation sites excluding steroid dienone is 2. The molecule has 0 saturated heterocycles. The van der Waals surface area contributed by atoms with Crippen molar-refractivity contribution >= 4 is 11.9 Å². The van der Waals surface area contributed by atoms with E-state index in [2.05, 4.69) is 12.2 Å². The highest BCUT2D eigenvalue weighted by Crippen LogP contribution is 2.27. The van der Waals surface area contributed by atoms with Crippen molar-refractivity contribution in [2.24, 2.45) is 5.92 Å². The molecule has 1 N–H and O–H groups in total. The molecule has 1 aromatic rings. The molecule has 2 aliphatic rings. The standard InChI is InChI=1S/C17H18FNO3/c18-15-6-5-13(17(21)22)14-10-19(8-7-12(14)15)16(20)9-11-3-1-2-4-11/h1,3,5-6,11H,2,4,7-10H2,(H,21,22). The van der Waals surface area contributed by atoms with E-state index < -0.39 is 5.97 Å². The molecule has 5 heteroatoms. The van der Waals surface area contributed by atoms with Gasteiger partial charge in [0.1, 0.15) is 5.82 Å². The van der Waals surface area contributed by atoms with E-state index in [0.717, 1.165) is 12.8 Å². The Balaban J connectivity index is 1.80. The lowest BCUT2D eigenvalue weighted by molar-refractivity contribution is -0.132. The number of nitrogens with zero attached hydrogens (tertiary/aromatic N) is 1. The lowest BCUT2D eigenvalue weighted by atomic mass is 9.93. The van der Waals surface area contributed by atoms with Crippen LogP contribution in [0.25, 0.3) is 0 Å². The lowest BCUT2D eigenvalue weighted by Crippen LogP contribution is -2.37. The van der Waals surface area contributed by atoms with Gasteiger partial charge in [-0.05, 0) is 48.4 Å². The molecule has 3 rings (SSSR count). The molecule has 1 unspecified atom stereocenters. The van der Waals surface area contributed by atoms with Crippen molar-refractivity contribution in [2.75, 3.05) is 6.54 Å². The zero-order valence-electron chi connectivity index (χ0n) is 12.2. The first kappa shape index (κ1) is 14.8. The summed E-state index contributed by atoms with van der Waals surface area (Å²) in [5, 5.41) is 9.25. The van der Waals surface area contributed by atoms with Gasteiger partial charge in [0.2, 0.25) is 5.91 Å². The van der Waals surface area contributed by atoms with Gasteiger partial charge >= 0.3 is 5.97 Å². The van der Waals surface area contributed by atoms with Crippen LogP contribution in [0.4, 0.5) is 4.39 Å². The van der Waals surface area contributed by atoms with Crippen molar-refractivity contribution in [1.29, 1.82) is 0 Å². The van der Waals surface area contributed by atoms with E-state index >= 15 is 0 Å². The summed E-state index contributed by atoms with van der Waals surface area (Å²) in [5.41, 5.74) is 0.966. The Morgan fingerprint density at radius 3 is 2.82 bits per heavy atom. The van der Waals surface area contributed by atoms with Crippen molar-refractivity contribution in [3.05, 3.63) is 46.8 Å². The molecule has 22 heavy (non-hydrogen) atoms. The molecule has 0 aromatic heterocycles. The molecule has 0 saturated carbocycles. The molecule has 0 spiro atoms. The van der Waals surface area contributed by atoms with E-state index in [1.54, 1.807) is 4.90 Å². The van der Waals surface area contributed by atoms with Gasteiger partial charge in [0.25, 0.3) is 0 Å². The molecular weight excluding hydrogens is 285 g/mol. The molecule has 1 aliphatic carbocycles. The fourth-order valence-electron chi connectivity index (χ4n) is 3.26. The lowest BCUT2D eigenvalue weighted by Gasteiger charge is -2.30. The second-order valence-electron chi connectivity index (χ2n) is 5.89. The van der Waals surface area contributed by atoms with Gasteiger partial charge in [-0.3, -0.25) is 4.79 Å². The summed E-state index contributed by atoms with van der Waals surface area (Å²) < 4.78 is 13.9. The second-order valence-corrected chi connectivity index (χ2v) is 5.89. The van der Waals surface area contributed by atoms with Crippen LogP contribution in [-0.4, -0.2) is 28.4 Å². The molecule has 4 nitrogen and oxygen atoms in total. The van der Waals surface area contributed by atoms with E-state index in [4.69, 9.17) is 0 Å². The van der Waals surface area contributed by atoms with E-state index in [1.165, 1.54) is 12.1 Å². The van der Waals surface area contributed by atoms with Gasteiger partial charge in [0.05, 0.1) is 5.56 Å². The fourth-order valence-corrected chi connectivity index (χ4v) is 3.26. The predicted molar refractivity (Wildman–Crippen MR) is 79.0 cm³/mol. The van der Waals surface area contributed by atoms with Crippen molar-refractivity contribution in [3.8, 4) is 0 Å². The number of carboxylic acid groups (broad SMARTS) is 1. The maximum absolute atomic E-state index is 13.9. The molecule has 0 fully saturated rings. The van der Waals surface area contributed by atoms with Crippen LogP contribution < -0.4 is 0 Å². The van der Waals surface area contributed by atoms with Crippen molar-refractivity contribution in [3.63, 3.8) is 0 Å². The summed E-state index contributed by atoms with van der Waals surface area (Å²) in [6.45, 7) is 0.631. The number of aromatic carboxylic acids is 1. The average Bonchev–Trinajstić information content (AvgIpc) is 2.99. The van der Waals surface area contributed by atoms with Crippen LogP contribution >= 0.6 is 0 Å². The minimum atomic E-state index is -1.08. The first-order chi connectivity index (χ1) is 10.6. The van der Waals surface area contributed by atoms with Gasteiger partial charge < -0.3 is 10.0 Å². The van der Waals surface area contributed by atoms with Gasteiger partial charge in [-0.15, -0.1) is 0 Å². The Bertz CT molecular complexity index is 654. The van der Waals surface area contributed by atoms with Crippen molar-refractivity contribution in [1.82, 2.24) is 4.90 Å². The Morgan fingerprint density at radius 1 is 1.32 bits per heavy atom. The highest BCUT2D eigenvalue weighted by molar-refractivity contribution is 5.90. The molecule has 0 radical (unpaired) electrons. The van der Waals surface area contributed by atoms with Crippen LogP contribution in [0.2, 0.25) is 0 Å². The first-order valence-electron chi connectivity index (χ1n) is 7.54. The normalized spacial score (nSPS) is 20.0. The van der Waals surface area contributed by atoms with Gasteiger partial charge in [0, 0.05) is 19.5 Å². The molecular formula is C17H18FNO3. The van der Waals surface area contributed by atoms with Crippen LogP contribution in [0.15, 0.2) is 24.3 Å². The maximum atomic E-state index is 13.9. The number of carboxylic acids is 1. The number of carbonyl (C=O) groups is 2. The third-order valence-electron chi connectivity index (χ3n) is 4.49. The smallest absolute Gasteiger partial charge is 0.336 e. The van der Waals surface area contributed by atoms with Crippen LogP contribution in [-0.2, 0) is 17.8 Å². The molecule has 116 valence electrons. The van der Waals surface area contributed by atoms with Gasteiger partial charge in [0.15, 0.2) is 0 Å². The highest BCUT2D eigenvalue weighted by atomic mass is 19.1. The summed E-state index contributed by atoms with van der Waals surface area (Å²) in [7, 11) is 0. The number of amides is 1. The maximum Gasteiger partial charge on any atom is 0.336 e. The largest absolute Gasteiger partial charge is 0.478 e. The van der Waals surface area contributed by atoms with Crippen molar-refractivity contribution in [2.45, 2.75) is 32.2 Å². The summed E-state index contributed by atoms with van der Waals surface area (Å²) >= 11 is 0. The monoisotopic (exact) mass is 303 g/mol. The minimum absolute atomic E-state index is 0.0165.